The van der Waals surface area contributed by atoms with Crippen LogP contribution in [-0.4, -0.2) is 17.6 Å². The highest BCUT2D eigenvalue weighted by molar-refractivity contribution is 5.93. The van der Waals surface area contributed by atoms with Crippen molar-refractivity contribution in [3.05, 3.63) is 46.3 Å². The van der Waals surface area contributed by atoms with Crippen molar-refractivity contribution < 1.29 is 14.1 Å². The van der Waals surface area contributed by atoms with Gasteiger partial charge in [-0.25, -0.2) is 0 Å². The van der Waals surface area contributed by atoms with Crippen LogP contribution in [0.4, 0.5) is 0 Å². The first-order valence-electron chi connectivity index (χ1n) is 11.3. The van der Waals surface area contributed by atoms with Crippen molar-refractivity contribution in [2.24, 2.45) is 23.2 Å². The third-order valence-corrected chi connectivity index (χ3v) is 7.57. The second kappa shape index (κ2) is 7.44. The summed E-state index contributed by atoms with van der Waals surface area (Å²) in [5.74, 6) is 3.94. The molecule has 0 saturated heterocycles. The fourth-order valence-electron chi connectivity index (χ4n) is 6.77. The lowest BCUT2D eigenvalue weighted by molar-refractivity contribution is -0.0503. The average molecular weight is 409 g/mol. The quantitative estimate of drug-likeness (QED) is 0.720. The van der Waals surface area contributed by atoms with Gasteiger partial charge in [0.25, 0.3) is 5.91 Å². The van der Waals surface area contributed by atoms with Crippen molar-refractivity contribution in [1.29, 1.82) is 0 Å². The lowest BCUT2D eigenvalue weighted by Crippen LogP contribution is -2.51. The standard InChI is InChI=1S/C25H32N2O3/c1-15-4-16(2)6-21(5-15)29-13-22-17(3)30-27-23(22)24(28)26-14-25-10-18-7-19(11-25)9-20(8-18)12-25/h4-6,18-20H,7-14H2,1-3H3,(H,26,28). The van der Waals surface area contributed by atoms with Gasteiger partial charge in [-0.2, -0.15) is 0 Å². The van der Waals surface area contributed by atoms with Gasteiger partial charge in [-0.3, -0.25) is 4.79 Å². The minimum Gasteiger partial charge on any atom is -0.489 e. The maximum absolute atomic E-state index is 13.0. The van der Waals surface area contributed by atoms with Gasteiger partial charge in [0.05, 0.1) is 5.56 Å². The van der Waals surface area contributed by atoms with Crippen LogP contribution in [0, 0.1) is 43.9 Å². The number of hydrogen-bond donors (Lipinski definition) is 1. The van der Waals surface area contributed by atoms with Gasteiger partial charge >= 0.3 is 0 Å². The molecular formula is C25H32N2O3. The smallest absolute Gasteiger partial charge is 0.273 e. The summed E-state index contributed by atoms with van der Waals surface area (Å²) in [6, 6.07) is 6.12. The maximum Gasteiger partial charge on any atom is 0.273 e. The Morgan fingerprint density at radius 1 is 1.07 bits per heavy atom. The Kier molecular flexibility index (Phi) is 4.87. The van der Waals surface area contributed by atoms with E-state index >= 15 is 0 Å². The van der Waals surface area contributed by atoms with E-state index in [2.05, 4.69) is 16.5 Å². The number of hydrogen-bond acceptors (Lipinski definition) is 4. The summed E-state index contributed by atoms with van der Waals surface area (Å²) >= 11 is 0. The van der Waals surface area contributed by atoms with Gasteiger partial charge in [-0.1, -0.05) is 11.2 Å². The SMILES string of the molecule is Cc1cc(C)cc(OCc2c(C(=O)NCC34CC5CC(CC(C5)C3)C4)noc2C)c1. The van der Waals surface area contributed by atoms with E-state index in [4.69, 9.17) is 9.26 Å². The number of carbonyl (C=O) groups excluding carboxylic acids is 1. The molecule has 1 amide bonds. The van der Waals surface area contributed by atoms with E-state index in [1.54, 1.807) is 0 Å². The van der Waals surface area contributed by atoms with E-state index in [1.165, 1.54) is 38.5 Å². The number of aryl methyl sites for hydroxylation is 3. The molecule has 4 bridgehead atoms. The van der Waals surface area contributed by atoms with E-state index in [1.807, 2.05) is 32.9 Å². The Hall–Kier alpha value is -2.30. The van der Waals surface area contributed by atoms with Crippen molar-refractivity contribution in [1.82, 2.24) is 10.5 Å². The summed E-state index contributed by atoms with van der Waals surface area (Å²) in [4.78, 5) is 13.0. The molecule has 0 atom stereocenters. The Morgan fingerprint density at radius 2 is 1.67 bits per heavy atom. The molecule has 1 N–H and O–H groups in total. The largest absolute Gasteiger partial charge is 0.489 e. The number of aromatic nitrogens is 1. The molecule has 4 aliphatic carbocycles. The van der Waals surface area contributed by atoms with Crippen LogP contribution in [0.5, 0.6) is 5.75 Å². The molecule has 30 heavy (non-hydrogen) atoms. The van der Waals surface area contributed by atoms with Crippen molar-refractivity contribution in [3.63, 3.8) is 0 Å². The lowest BCUT2D eigenvalue weighted by Gasteiger charge is -2.56. The molecule has 4 aliphatic rings. The van der Waals surface area contributed by atoms with Gasteiger partial charge in [0, 0.05) is 6.54 Å². The Balaban J connectivity index is 1.25. The van der Waals surface area contributed by atoms with E-state index in [9.17, 15) is 4.79 Å². The second-order valence-corrected chi connectivity index (χ2v) is 10.3. The molecule has 6 rings (SSSR count). The summed E-state index contributed by atoms with van der Waals surface area (Å²) in [5, 5.41) is 7.27. The first-order chi connectivity index (χ1) is 14.4. The Labute approximate surface area is 178 Å². The van der Waals surface area contributed by atoms with Crippen LogP contribution in [0.1, 0.15) is 71.5 Å². The zero-order valence-corrected chi connectivity index (χ0v) is 18.3. The van der Waals surface area contributed by atoms with E-state index in [0.717, 1.165) is 46.7 Å². The first kappa shape index (κ1) is 19.7. The normalized spacial score (nSPS) is 29.2. The second-order valence-electron chi connectivity index (χ2n) is 10.3. The van der Waals surface area contributed by atoms with Crippen molar-refractivity contribution in [2.75, 3.05) is 6.54 Å². The molecule has 0 unspecified atom stereocenters. The predicted octanol–water partition coefficient (Wildman–Crippen LogP) is 5.13. The molecule has 0 spiro atoms. The van der Waals surface area contributed by atoms with Crippen molar-refractivity contribution in [3.8, 4) is 5.75 Å². The van der Waals surface area contributed by atoms with Gasteiger partial charge in [0.1, 0.15) is 18.1 Å². The summed E-state index contributed by atoms with van der Waals surface area (Å²) in [6.07, 6.45) is 8.07. The molecule has 5 heteroatoms. The topological polar surface area (TPSA) is 64.4 Å². The molecular weight excluding hydrogens is 376 g/mol. The predicted molar refractivity (Wildman–Crippen MR) is 114 cm³/mol. The minimum atomic E-state index is -0.137. The van der Waals surface area contributed by atoms with E-state index < -0.39 is 0 Å². The van der Waals surface area contributed by atoms with Gasteiger partial charge in [-0.15, -0.1) is 0 Å². The average Bonchev–Trinajstić information content (AvgIpc) is 3.03. The van der Waals surface area contributed by atoms with Crippen molar-refractivity contribution >= 4 is 5.91 Å². The minimum absolute atomic E-state index is 0.137. The monoisotopic (exact) mass is 408 g/mol. The number of benzene rings is 1. The van der Waals surface area contributed by atoms with Gasteiger partial charge < -0.3 is 14.6 Å². The molecule has 1 aromatic heterocycles. The number of rotatable bonds is 6. The third kappa shape index (κ3) is 3.75. The van der Waals surface area contributed by atoms with E-state index in [0.29, 0.717) is 16.9 Å². The Morgan fingerprint density at radius 3 is 2.27 bits per heavy atom. The Bertz CT molecular complexity index is 906. The summed E-state index contributed by atoms with van der Waals surface area (Å²) in [5.41, 5.74) is 3.71. The maximum atomic E-state index is 13.0. The molecule has 4 saturated carbocycles. The van der Waals surface area contributed by atoms with E-state index in [-0.39, 0.29) is 12.5 Å². The number of nitrogens with one attached hydrogen (secondary N) is 1. The first-order valence-corrected chi connectivity index (χ1v) is 11.3. The zero-order valence-electron chi connectivity index (χ0n) is 18.3. The molecule has 1 aromatic carbocycles. The summed E-state index contributed by atoms with van der Waals surface area (Å²) < 4.78 is 11.3. The van der Waals surface area contributed by atoms with Gasteiger partial charge in [0.15, 0.2) is 5.69 Å². The molecule has 160 valence electrons. The number of carbonyl (C=O) groups is 1. The number of ether oxygens (including phenoxy) is 1. The van der Waals surface area contributed by atoms with Crippen LogP contribution in [-0.2, 0) is 6.61 Å². The molecule has 2 aromatic rings. The fraction of sp³-hybridized carbons (Fsp3) is 0.600. The number of amides is 1. The third-order valence-electron chi connectivity index (χ3n) is 7.57. The summed E-state index contributed by atoms with van der Waals surface area (Å²) in [6.45, 7) is 6.97. The molecule has 5 nitrogen and oxygen atoms in total. The summed E-state index contributed by atoms with van der Waals surface area (Å²) in [7, 11) is 0. The molecule has 4 fully saturated rings. The number of nitrogens with zero attached hydrogens (tertiary/aromatic N) is 1. The molecule has 0 radical (unpaired) electrons. The molecule has 0 aliphatic heterocycles. The van der Waals surface area contributed by atoms with Crippen LogP contribution in [0.15, 0.2) is 22.7 Å². The lowest BCUT2D eigenvalue weighted by atomic mass is 9.49. The van der Waals surface area contributed by atoms with Crippen molar-refractivity contribution in [2.45, 2.75) is 65.9 Å². The highest BCUT2D eigenvalue weighted by Crippen LogP contribution is 2.59. The zero-order chi connectivity index (χ0) is 20.9. The van der Waals surface area contributed by atoms with Crippen LogP contribution in [0.2, 0.25) is 0 Å². The van der Waals surface area contributed by atoms with Crippen LogP contribution < -0.4 is 10.1 Å². The van der Waals surface area contributed by atoms with Crippen LogP contribution >= 0.6 is 0 Å². The highest BCUT2D eigenvalue weighted by atomic mass is 16.5. The molecule has 1 heterocycles. The van der Waals surface area contributed by atoms with Crippen LogP contribution in [0.25, 0.3) is 0 Å². The van der Waals surface area contributed by atoms with Gasteiger partial charge in [0.2, 0.25) is 0 Å². The van der Waals surface area contributed by atoms with Gasteiger partial charge in [-0.05, 0) is 106 Å². The van der Waals surface area contributed by atoms with Crippen LogP contribution in [0.3, 0.4) is 0 Å². The fourth-order valence-corrected chi connectivity index (χ4v) is 6.77. The highest BCUT2D eigenvalue weighted by Gasteiger charge is 2.50.